The highest BCUT2D eigenvalue weighted by atomic mass is 16.3. The van der Waals surface area contributed by atoms with E-state index in [0.29, 0.717) is 29.6 Å². The van der Waals surface area contributed by atoms with Gasteiger partial charge in [0.2, 0.25) is 0 Å². The maximum Gasteiger partial charge on any atom is 0.251 e. The van der Waals surface area contributed by atoms with E-state index in [1.807, 2.05) is 26.0 Å². The molecule has 1 heterocycles. The van der Waals surface area contributed by atoms with Crippen molar-refractivity contribution >= 4 is 17.0 Å². The third-order valence-electron chi connectivity index (χ3n) is 5.11. The van der Waals surface area contributed by atoms with Gasteiger partial charge in [-0.1, -0.05) is 33.1 Å². The molecule has 0 atom stereocenters. The van der Waals surface area contributed by atoms with Crippen LogP contribution >= 0.6 is 0 Å². The second kappa shape index (κ2) is 8.00. The first-order valence-corrected chi connectivity index (χ1v) is 9.43. The Morgan fingerprint density at radius 3 is 2.80 bits per heavy atom. The number of rotatable bonds is 6. The second-order valence-electron chi connectivity index (χ2n) is 7.42. The van der Waals surface area contributed by atoms with Gasteiger partial charge in [-0.25, -0.2) is 4.98 Å². The van der Waals surface area contributed by atoms with E-state index in [0.717, 1.165) is 12.1 Å². The zero-order valence-corrected chi connectivity index (χ0v) is 15.5. The van der Waals surface area contributed by atoms with Crippen LogP contribution in [0.2, 0.25) is 0 Å². The van der Waals surface area contributed by atoms with Crippen molar-refractivity contribution in [2.75, 3.05) is 20.1 Å². The van der Waals surface area contributed by atoms with Gasteiger partial charge in [-0.05, 0) is 38.1 Å². The average molecular weight is 343 g/mol. The minimum Gasteiger partial charge on any atom is -0.440 e. The van der Waals surface area contributed by atoms with Gasteiger partial charge in [-0.3, -0.25) is 4.79 Å². The number of amides is 1. The quantitative estimate of drug-likeness (QED) is 0.863. The van der Waals surface area contributed by atoms with Gasteiger partial charge >= 0.3 is 0 Å². The van der Waals surface area contributed by atoms with Crippen LogP contribution in [0.25, 0.3) is 11.1 Å². The van der Waals surface area contributed by atoms with E-state index in [9.17, 15) is 4.79 Å². The van der Waals surface area contributed by atoms with Crippen LogP contribution in [-0.4, -0.2) is 42.0 Å². The van der Waals surface area contributed by atoms with E-state index in [1.165, 1.54) is 32.1 Å². The lowest BCUT2D eigenvalue weighted by molar-refractivity contribution is 0.0944. The largest absolute Gasteiger partial charge is 0.440 e. The smallest absolute Gasteiger partial charge is 0.251 e. The average Bonchev–Trinajstić information content (AvgIpc) is 3.06. The van der Waals surface area contributed by atoms with E-state index in [-0.39, 0.29) is 11.8 Å². The minimum absolute atomic E-state index is 0.0542. The molecule has 136 valence electrons. The summed E-state index contributed by atoms with van der Waals surface area (Å²) in [6.07, 6.45) is 6.59. The summed E-state index contributed by atoms with van der Waals surface area (Å²) in [5, 5.41) is 3.02. The molecular formula is C20H29N3O2. The highest BCUT2D eigenvalue weighted by Crippen LogP contribution is 2.22. The number of nitrogens with one attached hydrogen (secondary N) is 1. The van der Waals surface area contributed by atoms with Gasteiger partial charge < -0.3 is 14.6 Å². The molecule has 5 nitrogen and oxygen atoms in total. The summed E-state index contributed by atoms with van der Waals surface area (Å²) in [6.45, 7) is 5.64. The summed E-state index contributed by atoms with van der Waals surface area (Å²) in [4.78, 5) is 19.2. The van der Waals surface area contributed by atoms with Gasteiger partial charge in [0.05, 0.1) is 0 Å². The van der Waals surface area contributed by atoms with Crippen molar-refractivity contribution < 1.29 is 9.21 Å². The topological polar surface area (TPSA) is 58.4 Å². The molecule has 5 heteroatoms. The van der Waals surface area contributed by atoms with Gasteiger partial charge in [0.25, 0.3) is 5.91 Å². The van der Waals surface area contributed by atoms with Crippen molar-refractivity contribution in [1.29, 1.82) is 0 Å². The van der Waals surface area contributed by atoms with Crippen molar-refractivity contribution in [2.24, 2.45) is 0 Å². The molecule has 0 aliphatic heterocycles. The Labute approximate surface area is 149 Å². The highest BCUT2D eigenvalue weighted by molar-refractivity contribution is 5.97. The monoisotopic (exact) mass is 343 g/mol. The fourth-order valence-corrected chi connectivity index (χ4v) is 3.48. The predicted octanol–water partition coefficient (Wildman–Crippen LogP) is 3.95. The number of carbonyl (C=O) groups excluding carboxylic acids is 1. The fourth-order valence-electron chi connectivity index (χ4n) is 3.48. The standard InChI is InChI=1S/C20H29N3O2/c1-14(2)20-22-17-10-9-15(13-18(17)25-20)19(24)21-11-12-23(3)16-7-5-4-6-8-16/h9-10,13-14,16H,4-8,11-12H2,1-3H3,(H,21,24). The van der Waals surface area contributed by atoms with E-state index >= 15 is 0 Å². The summed E-state index contributed by atoms with van der Waals surface area (Å²) in [5.41, 5.74) is 2.10. The molecule has 0 bridgehead atoms. The Bertz CT molecular complexity index is 717. The first kappa shape index (κ1) is 17.9. The van der Waals surface area contributed by atoms with Crippen molar-refractivity contribution in [3.8, 4) is 0 Å². The number of hydrogen-bond donors (Lipinski definition) is 1. The summed E-state index contributed by atoms with van der Waals surface area (Å²) < 4.78 is 5.74. The molecule has 1 aliphatic rings. The minimum atomic E-state index is -0.0542. The van der Waals surface area contributed by atoms with Crippen LogP contribution in [0.4, 0.5) is 0 Å². The summed E-state index contributed by atoms with van der Waals surface area (Å²) >= 11 is 0. The highest BCUT2D eigenvalue weighted by Gasteiger charge is 2.18. The number of likely N-dealkylation sites (N-methyl/N-ethyl adjacent to an activating group) is 1. The Balaban J connectivity index is 1.54. The third kappa shape index (κ3) is 4.40. The first-order valence-electron chi connectivity index (χ1n) is 9.43. The lowest BCUT2D eigenvalue weighted by Gasteiger charge is -2.31. The molecule has 0 spiro atoms. The number of hydrogen-bond acceptors (Lipinski definition) is 4. The SMILES string of the molecule is CC(C)c1nc2ccc(C(=O)NCCN(C)C3CCCCC3)cc2o1. The Kier molecular flexibility index (Phi) is 5.74. The number of oxazole rings is 1. The first-order chi connectivity index (χ1) is 12.0. The molecule has 1 N–H and O–H groups in total. The summed E-state index contributed by atoms with van der Waals surface area (Å²) in [6, 6.07) is 6.13. The summed E-state index contributed by atoms with van der Waals surface area (Å²) in [5.74, 6) is 0.892. The van der Waals surface area contributed by atoms with Crippen molar-refractivity contribution in [2.45, 2.75) is 57.9 Å². The fraction of sp³-hybridized carbons (Fsp3) is 0.600. The van der Waals surface area contributed by atoms with Gasteiger partial charge in [0, 0.05) is 30.6 Å². The zero-order valence-electron chi connectivity index (χ0n) is 15.5. The number of fused-ring (bicyclic) bond motifs is 1. The Morgan fingerprint density at radius 2 is 2.08 bits per heavy atom. The van der Waals surface area contributed by atoms with Crippen LogP contribution in [-0.2, 0) is 0 Å². The maximum atomic E-state index is 12.4. The molecular weight excluding hydrogens is 314 g/mol. The molecule has 1 aromatic carbocycles. The molecule has 25 heavy (non-hydrogen) atoms. The van der Waals surface area contributed by atoms with Crippen LogP contribution in [0.15, 0.2) is 22.6 Å². The number of carbonyl (C=O) groups is 1. The van der Waals surface area contributed by atoms with Gasteiger partial charge in [-0.15, -0.1) is 0 Å². The normalized spacial score (nSPS) is 16.0. The molecule has 1 aromatic heterocycles. The number of aromatic nitrogens is 1. The van der Waals surface area contributed by atoms with Crippen LogP contribution in [0.5, 0.6) is 0 Å². The lowest BCUT2D eigenvalue weighted by Crippen LogP contribution is -2.39. The van der Waals surface area contributed by atoms with E-state index in [4.69, 9.17) is 4.42 Å². The van der Waals surface area contributed by atoms with Gasteiger partial charge in [0.1, 0.15) is 5.52 Å². The van der Waals surface area contributed by atoms with E-state index < -0.39 is 0 Å². The molecule has 1 saturated carbocycles. The van der Waals surface area contributed by atoms with Crippen molar-refractivity contribution in [3.05, 3.63) is 29.7 Å². The maximum absolute atomic E-state index is 12.4. The molecule has 2 aromatic rings. The second-order valence-corrected chi connectivity index (χ2v) is 7.42. The molecule has 1 fully saturated rings. The van der Waals surface area contributed by atoms with Gasteiger partial charge in [0.15, 0.2) is 11.5 Å². The number of nitrogens with zero attached hydrogens (tertiary/aromatic N) is 2. The molecule has 1 aliphatic carbocycles. The lowest BCUT2D eigenvalue weighted by atomic mass is 9.94. The van der Waals surface area contributed by atoms with E-state index in [1.54, 1.807) is 6.07 Å². The van der Waals surface area contributed by atoms with Crippen LogP contribution < -0.4 is 5.32 Å². The molecule has 0 unspecified atom stereocenters. The molecule has 0 saturated heterocycles. The third-order valence-corrected chi connectivity index (χ3v) is 5.11. The zero-order chi connectivity index (χ0) is 17.8. The van der Waals surface area contributed by atoms with Crippen molar-refractivity contribution in [1.82, 2.24) is 15.2 Å². The van der Waals surface area contributed by atoms with E-state index in [2.05, 4.69) is 22.2 Å². The van der Waals surface area contributed by atoms with Crippen LogP contribution in [0, 0.1) is 0 Å². The number of benzene rings is 1. The van der Waals surface area contributed by atoms with Crippen molar-refractivity contribution in [3.63, 3.8) is 0 Å². The van der Waals surface area contributed by atoms with Gasteiger partial charge in [-0.2, -0.15) is 0 Å². The van der Waals surface area contributed by atoms with Crippen LogP contribution in [0.1, 0.15) is 68.1 Å². The molecule has 1 amide bonds. The predicted molar refractivity (Wildman–Crippen MR) is 99.9 cm³/mol. The summed E-state index contributed by atoms with van der Waals surface area (Å²) in [7, 11) is 2.16. The Hall–Kier alpha value is -1.88. The molecule has 0 radical (unpaired) electrons. The van der Waals surface area contributed by atoms with Crippen LogP contribution in [0.3, 0.4) is 0 Å². The Morgan fingerprint density at radius 1 is 1.32 bits per heavy atom. The molecule has 3 rings (SSSR count).